The molecule has 1 rings (SSSR count). The lowest BCUT2D eigenvalue weighted by Gasteiger charge is -1.96. The van der Waals surface area contributed by atoms with E-state index < -0.39 is 0 Å². The van der Waals surface area contributed by atoms with Crippen LogP contribution in [0.15, 0.2) is 5.38 Å². The fourth-order valence-corrected chi connectivity index (χ4v) is 2.11. The van der Waals surface area contributed by atoms with Crippen molar-refractivity contribution in [2.45, 2.75) is 39.0 Å². The maximum absolute atomic E-state index is 10.9. The minimum Gasteiger partial charge on any atom is -0.469 e. The molecular formula is C11H17NO2S. The van der Waals surface area contributed by atoms with Crippen molar-refractivity contribution in [1.29, 1.82) is 0 Å². The van der Waals surface area contributed by atoms with E-state index in [0.29, 0.717) is 12.8 Å². The van der Waals surface area contributed by atoms with Gasteiger partial charge in [-0.05, 0) is 12.8 Å². The van der Waals surface area contributed by atoms with Gasteiger partial charge in [0.25, 0.3) is 0 Å². The molecule has 0 radical (unpaired) electrons. The normalized spacial score (nSPS) is 10.3. The zero-order valence-electron chi connectivity index (χ0n) is 9.28. The Morgan fingerprint density at radius 1 is 1.53 bits per heavy atom. The average molecular weight is 227 g/mol. The molecule has 0 fully saturated rings. The molecule has 0 N–H and O–H groups in total. The van der Waals surface area contributed by atoms with Gasteiger partial charge in [-0.25, -0.2) is 4.98 Å². The third kappa shape index (κ3) is 4.42. The van der Waals surface area contributed by atoms with Gasteiger partial charge in [0.1, 0.15) is 0 Å². The molecule has 0 aliphatic rings. The van der Waals surface area contributed by atoms with Crippen LogP contribution in [0.3, 0.4) is 0 Å². The number of aryl methyl sites for hydroxylation is 2. The van der Waals surface area contributed by atoms with Gasteiger partial charge >= 0.3 is 5.97 Å². The van der Waals surface area contributed by atoms with Crippen LogP contribution < -0.4 is 0 Å². The van der Waals surface area contributed by atoms with Crippen LogP contribution in [0.4, 0.5) is 0 Å². The fraction of sp³-hybridized carbons (Fsp3) is 0.636. The Morgan fingerprint density at radius 3 is 3.00 bits per heavy atom. The highest BCUT2D eigenvalue weighted by Crippen LogP contribution is 2.13. The van der Waals surface area contributed by atoms with E-state index in [9.17, 15) is 4.79 Å². The zero-order valence-corrected chi connectivity index (χ0v) is 10.1. The predicted molar refractivity (Wildman–Crippen MR) is 61.1 cm³/mol. The molecule has 0 spiro atoms. The smallest absolute Gasteiger partial charge is 0.305 e. The second kappa shape index (κ2) is 6.56. The van der Waals surface area contributed by atoms with Gasteiger partial charge < -0.3 is 4.74 Å². The summed E-state index contributed by atoms with van der Waals surface area (Å²) in [6, 6.07) is 0. The lowest BCUT2D eigenvalue weighted by atomic mass is 10.2. The van der Waals surface area contributed by atoms with E-state index >= 15 is 0 Å². The van der Waals surface area contributed by atoms with Crippen LogP contribution in [0.25, 0.3) is 0 Å². The molecule has 15 heavy (non-hydrogen) atoms. The Bertz CT molecular complexity index is 309. The van der Waals surface area contributed by atoms with Crippen molar-refractivity contribution in [2.75, 3.05) is 7.11 Å². The van der Waals surface area contributed by atoms with Crippen molar-refractivity contribution in [1.82, 2.24) is 4.98 Å². The number of carbonyl (C=O) groups is 1. The van der Waals surface area contributed by atoms with E-state index in [0.717, 1.165) is 12.1 Å². The number of rotatable bonds is 6. The summed E-state index contributed by atoms with van der Waals surface area (Å²) in [5.74, 6) is -0.168. The van der Waals surface area contributed by atoms with Crippen molar-refractivity contribution in [3.8, 4) is 0 Å². The molecule has 0 amide bonds. The molecule has 3 nitrogen and oxygen atoms in total. The first-order valence-corrected chi connectivity index (χ1v) is 6.14. The van der Waals surface area contributed by atoms with Crippen LogP contribution >= 0.6 is 11.3 Å². The molecule has 4 heteroatoms. The van der Waals surface area contributed by atoms with Crippen LogP contribution in [-0.2, 0) is 22.4 Å². The molecule has 0 saturated carbocycles. The molecule has 0 aromatic carbocycles. The third-order valence-electron chi connectivity index (χ3n) is 2.16. The van der Waals surface area contributed by atoms with E-state index in [1.165, 1.54) is 25.0 Å². The molecule has 1 aromatic heterocycles. The van der Waals surface area contributed by atoms with Crippen LogP contribution in [-0.4, -0.2) is 18.1 Å². The van der Waals surface area contributed by atoms with Crippen LogP contribution in [0.2, 0.25) is 0 Å². The van der Waals surface area contributed by atoms with Gasteiger partial charge in [0.15, 0.2) is 0 Å². The summed E-state index contributed by atoms with van der Waals surface area (Å²) in [5, 5.41) is 3.21. The monoisotopic (exact) mass is 227 g/mol. The zero-order chi connectivity index (χ0) is 11.1. The molecule has 0 saturated heterocycles. The molecule has 0 atom stereocenters. The van der Waals surface area contributed by atoms with Gasteiger partial charge in [0.2, 0.25) is 0 Å². The van der Waals surface area contributed by atoms with Crippen molar-refractivity contribution in [2.24, 2.45) is 0 Å². The largest absolute Gasteiger partial charge is 0.469 e. The number of aromatic nitrogens is 1. The predicted octanol–water partition coefficient (Wildman–Crippen LogP) is 2.59. The number of methoxy groups -OCH3 is 1. The van der Waals surface area contributed by atoms with Crippen molar-refractivity contribution in [3.05, 3.63) is 16.1 Å². The summed E-state index contributed by atoms with van der Waals surface area (Å²) in [7, 11) is 1.41. The lowest BCUT2D eigenvalue weighted by Crippen LogP contribution is -2.02. The molecule has 1 aromatic rings. The van der Waals surface area contributed by atoms with E-state index in [2.05, 4.69) is 16.6 Å². The topological polar surface area (TPSA) is 39.2 Å². The third-order valence-corrected chi connectivity index (χ3v) is 3.11. The Balaban J connectivity index is 2.35. The maximum Gasteiger partial charge on any atom is 0.305 e. The van der Waals surface area contributed by atoms with E-state index in [1.807, 2.05) is 5.38 Å². The Labute approximate surface area is 94.5 Å². The SMILES string of the molecule is CCCCc1nc(CCC(=O)OC)cs1. The first kappa shape index (κ1) is 12.2. The number of nitrogens with zero attached hydrogens (tertiary/aromatic N) is 1. The maximum atomic E-state index is 10.9. The first-order valence-electron chi connectivity index (χ1n) is 5.26. The summed E-state index contributed by atoms with van der Waals surface area (Å²) >= 11 is 1.69. The highest BCUT2D eigenvalue weighted by atomic mass is 32.1. The van der Waals surface area contributed by atoms with Gasteiger partial charge in [0.05, 0.1) is 24.2 Å². The summed E-state index contributed by atoms with van der Waals surface area (Å²) in [5.41, 5.74) is 1.01. The van der Waals surface area contributed by atoms with E-state index in [-0.39, 0.29) is 5.97 Å². The van der Waals surface area contributed by atoms with Crippen molar-refractivity contribution in [3.63, 3.8) is 0 Å². The van der Waals surface area contributed by atoms with E-state index in [1.54, 1.807) is 11.3 Å². The average Bonchev–Trinajstić information content (AvgIpc) is 2.71. The molecule has 1 heterocycles. The Morgan fingerprint density at radius 2 is 2.33 bits per heavy atom. The quantitative estimate of drug-likeness (QED) is 0.701. The number of esters is 1. The van der Waals surface area contributed by atoms with Crippen LogP contribution in [0, 0.1) is 0 Å². The molecule has 0 aliphatic carbocycles. The van der Waals surface area contributed by atoms with Crippen molar-refractivity contribution >= 4 is 17.3 Å². The Hall–Kier alpha value is -0.900. The van der Waals surface area contributed by atoms with Crippen molar-refractivity contribution < 1.29 is 9.53 Å². The van der Waals surface area contributed by atoms with Gasteiger partial charge in [0, 0.05) is 11.8 Å². The number of carbonyl (C=O) groups excluding carboxylic acids is 1. The lowest BCUT2D eigenvalue weighted by molar-refractivity contribution is -0.140. The molecular weight excluding hydrogens is 210 g/mol. The van der Waals surface area contributed by atoms with Crippen LogP contribution in [0.1, 0.15) is 36.9 Å². The summed E-state index contributed by atoms with van der Waals surface area (Å²) < 4.78 is 4.58. The fourth-order valence-electron chi connectivity index (χ4n) is 1.24. The Kier molecular flexibility index (Phi) is 5.32. The van der Waals surface area contributed by atoms with Crippen LogP contribution in [0.5, 0.6) is 0 Å². The number of unbranched alkanes of at least 4 members (excludes halogenated alkanes) is 1. The van der Waals surface area contributed by atoms with Gasteiger partial charge in [-0.2, -0.15) is 0 Å². The first-order chi connectivity index (χ1) is 7.26. The van der Waals surface area contributed by atoms with E-state index in [4.69, 9.17) is 0 Å². The summed E-state index contributed by atoms with van der Waals surface area (Å²) in [6.45, 7) is 2.17. The minimum absolute atomic E-state index is 0.168. The number of hydrogen-bond acceptors (Lipinski definition) is 4. The highest BCUT2D eigenvalue weighted by Gasteiger charge is 2.05. The van der Waals surface area contributed by atoms with Gasteiger partial charge in [-0.15, -0.1) is 11.3 Å². The number of hydrogen-bond donors (Lipinski definition) is 0. The van der Waals surface area contributed by atoms with Gasteiger partial charge in [-0.3, -0.25) is 4.79 Å². The highest BCUT2D eigenvalue weighted by molar-refractivity contribution is 7.09. The molecule has 0 bridgehead atoms. The second-order valence-corrected chi connectivity index (χ2v) is 4.35. The molecule has 0 unspecified atom stereocenters. The summed E-state index contributed by atoms with van der Waals surface area (Å²) in [6.07, 6.45) is 4.54. The molecule has 0 aliphatic heterocycles. The molecule has 84 valence electrons. The summed E-state index contributed by atoms with van der Waals surface area (Å²) in [4.78, 5) is 15.4. The minimum atomic E-state index is -0.168. The second-order valence-electron chi connectivity index (χ2n) is 3.41. The standard InChI is InChI=1S/C11H17NO2S/c1-3-4-5-10-12-9(8-15-10)6-7-11(13)14-2/h8H,3-7H2,1-2H3. The van der Waals surface area contributed by atoms with Gasteiger partial charge in [-0.1, -0.05) is 13.3 Å². The number of thiazole rings is 1. The number of ether oxygens (including phenoxy) is 1.